The number of hydrogen-bond donors (Lipinski definition) is 1. The van der Waals surface area contributed by atoms with Crippen molar-refractivity contribution in [2.24, 2.45) is 0 Å². The molecule has 3 aromatic heterocycles. The van der Waals surface area contributed by atoms with Crippen molar-refractivity contribution in [2.75, 3.05) is 12.4 Å². The minimum absolute atomic E-state index is 0.373. The van der Waals surface area contributed by atoms with Crippen molar-refractivity contribution < 1.29 is 4.74 Å². The first-order valence-electron chi connectivity index (χ1n) is 8.29. The maximum absolute atomic E-state index is 6.15. The van der Waals surface area contributed by atoms with E-state index in [1.807, 2.05) is 6.07 Å². The Balaban J connectivity index is 1.74. The molecule has 0 amide bonds. The van der Waals surface area contributed by atoms with Crippen LogP contribution in [-0.4, -0.2) is 31.8 Å². The summed E-state index contributed by atoms with van der Waals surface area (Å²) in [6.45, 7) is 4.16. The van der Waals surface area contributed by atoms with Crippen molar-refractivity contribution in [3.05, 3.63) is 59.1 Å². The molecule has 0 fully saturated rings. The SMILES string of the molecule is COc1ncc(Nc2ncnc3c2cnn3-c2ccc(C)c(C)c2)cc1Cl. The second-order valence-corrected chi connectivity index (χ2v) is 6.53. The number of anilines is 2. The first-order chi connectivity index (χ1) is 13.1. The van der Waals surface area contributed by atoms with Gasteiger partial charge in [0.1, 0.15) is 17.2 Å². The van der Waals surface area contributed by atoms with Gasteiger partial charge in [0.05, 0.1) is 36.3 Å². The van der Waals surface area contributed by atoms with Gasteiger partial charge in [-0.15, -0.1) is 0 Å². The highest BCUT2D eigenvalue weighted by Crippen LogP contribution is 2.28. The summed E-state index contributed by atoms with van der Waals surface area (Å²) in [7, 11) is 1.52. The lowest BCUT2D eigenvalue weighted by atomic mass is 10.1. The summed E-state index contributed by atoms with van der Waals surface area (Å²) >= 11 is 6.15. The Morgan fingerprint density at radius 2 is 1.89 bits per heavy atom. The topological polar surface area (TPSA) is 77.8 Å². The van der Waals surface area contributed by atoms with Crippen LogP contribution in [0.25, 0.3) is 16.7 Å². The molecule has 0 unspecified atom stereocenters. The largest absolute Gasteiger partial charge is 0.480 e. The molecule has 0 atom stereocenters. The summed E-state index contributed by atoms with van der Waals surface area (Å²) in [6.07, 6.45) is 4.88. The van der Waals surface area contributed by atoms with E-state index in [0.717, 1.165) is 11.1 Å². The third-order valence-corrected chi connectivity index (χ3v) is 4.64. The van der Waals surface area contributed by atoms with Gasteiger partial charge in [0.25, 0.3) is 0 Å². The monoisotopic (exact) mass is 380 g/mol. The standard InChI is InChI=1S/C19H17ClN6O/c1-11-4-5-14(6-12(11)2)26-18-15(9-24-26)17(22-10-23-18)25-13-7-16(20)19(27-3)21-8-13/h4-10H,1-3H3,(H,22,23,25). The maximum atomic E-state index is 6.15. The highest BCUT2D eigenvalue weighted by Gasteiger charge is 2.13. The molecule has 1 N–H and O–H groups in total. The number of fused-ring (bicyclic) bond motifs is 1. The van der Waals surface area contributed by atoms with Gasteiger partial charge in [-0.25, -0.2) is 19.6 Å². The molecule has 0 aliphatic rings. The van der Waals surface area contributed by atoms with Gasteiger partial charge in [0.2, 0.25) is 5.88 Å². The molecule has 7 nitrogen and oxygen atoms in total. The average molecular weight is 381 g/mol. The van der Waals surface area contributed by atoms with E-state index < -0.39 is 0 Å². The number of ether oxygens (including phenoxy) is 1. The van der Waals surface area contributed by atoms with Gasteiger partial charge in [-0.1, -0.05) is 17.7 Å². The zero-order valence-corrected chi connectivity index (χ0v) is 15.8. The third-order valence-electron chi connectivity index (χ3n) is 4.36. The van der Waals surface area contributed by atoms with Gasteiger partial charge in [-0.05, 0) is 43.2 Å². The van der Waals surface area contributed by atoms with Crippen LogP contribution in [0.4, 0.5) is 11.5 Å². The highest BCUT2D eigenvalue weighted by atomic mass is 35.5. The normalized spacial score (nSPS) is 11.0. The summed E-state index contributed by atoms with van der Waals surface area (Å²) in [4.78, 5) is 12.9. The fourth-order valence-corrected chi connectivity index (χ4v) is 3.01. The Bertz CT molecular complexity index is 1140. The molecular weight excluding hydrogens is 364 g/mol. The number of pyridine rings is 1. The zero-order valence-electron chi connectivity index (χ0n) is 15.1. The lowest BCUT2D eigenvalue weighted by Gasteiger charge is -2.09. The van der Waals surface area contributed by atoms with Crippen molar-refractivity contribution in [3.63, 3.8) is 0 Å². The van der Waals surface area contributed by atoms with E-state index >= 15 is 0 Å². The van der Waals surface area contributed by atoms with Gasteiger partial charge in [0, 0.05) is 0 Å². The molecule has 0 saturated carbocycles. The van der Waals surface area contributed by atoms with Gasteiger partial charge in [-0.2, -0.15) is 5.10 Å². The molecule has 4 aromatic rings. The Kier molecular flexibility index (Phi) is 4.37. The van der Waals surface area contributed by atoms with E-state index in [4.69, 9.17) is 16.3 Å². The molecule has 136 valence electrons. The smallest absolute Gasteiger partial charge is 0.232 e. The number of aromatic nitrogens is 5. The summed E-state index contributed by atoms with van der Waals surface area (Å²) in [5.41, 5.74) is 4.79. The number of rotatable bonds is 4. The highest BCUT2D eigenvalue weighted by molar-refractivity contribution is 6.32. The van der Waals surface area contributed by atoms with E-state index in [2.05, 4.69) is 51.3 Å². The van der Waals surface area contributed by atoms with E-state index in [0.29, 0.717) is 28.1 Å². The molecule has 27 heavy (non-hydrogen) atoms. The van der Waals surface area contributed by atoms with Gasteiger partial charge in [0.15, 0.2) is 5.65 Å². The number of hydrogen-bond acceptors (Lipinski definition) is 6. The first kappa shape index (κ1) is 17.2. The number of nitrogens with one attached hydrogen (secondary N) is 1. The Labute approximate surface area is 161 Å². The van der Waals surface area contributed by atoms with Gasteiger partial charge >= 0.3 is 0 Å². The number of methoxy groups -OCH3 is 1. The van der Waals surface area contributed by atoms with Crippen LogP contribution in [-0.2, 0) is 0 Å². The molecular formula is C19H17ClN6O. The fraction of sp³-hybridized carbons (Fsp3) is 0.158. The maximum Gasteiger partial charge on any atom is 0.232 e. The molecule has 0 bridgehead atoms. The van der Waals surface area contributed by atoms with Crippen LogP contribution in [0.2, 0.25) is 5.02 Å². The van der Waals surface area contributed by atoms with E-state index in [1.54, 1.807) is 23.1 Å². The Morgan fingerprint density at radius 3 is 2.63 bits per heavy atom. The molecule has 0 spiro atoms. The lowest BCUT2D eigenvalue weighted by Crippen LogP contribution is -2.00. The van der Waals surface area contributed by atoms with Crippen LogP contribution in [0.15, 0.2) is 43.0 Å². The molecule has 1 aromatic carbocycles. The zero-order chi connectivity index (χ0) is 19.0. The van der Waals surface area contributed by atoms with Crippen molar-refractivity contribution in [1.82, 2.24) is 24.7 Å². The Morgan fingerprint density at radius 1 is 1.04 bits per heavy atom. The lowest BCUT2D eigenvalue weighted by molar-refractivity contribution is 0.398. The third kappa shape index (κ3) is 3.17. The molecule has 0 aliphatic heterocycles. The first-order valence-corrected chi connectivity index (χ1v) is 8.67. The fourth-order valence-electron chi connectivity index (χ4n) is 2.77. The number of nitrogens with zero attached hydrogens (tertiary/aromatic N) is 5. The quantitative estimate of drug-likeness (QED) is 0.570. The van der Waals surface area contributed by atoms with Gasteiger partial charge in [-0.3, -0.25) is 0 Å². The minimum Gasteiger partial charge on any atom is -0.480 e. The van der Waals surface area contributed by atoms with Crippen LogP contribution in [0.5, 0.6) is 5.88 Å². The van der Waals surface area contributed by atoms with Crippen molar-refractivity contribution in [1.29, 1.82) is 0 Å². The number of halogens is 1. The predicted molar refractivity (Wildman–Crippen MR) is 105 cm³/mol. The van der Waals surface area contributed by atoms with Crippen molar-refractivity contribution in [3.8, 4) is 11.6 Å². The van der Waals surface area contributed by atoms with Crippen LogP contribution in [0.3, 0.4) is 0 Å². The van der Waals surface area contributed by atoms with Crippen LogP contribution in [0, 0.1) is 13.8 Å². The van der Waals surface area contributed by atoms with Crippen LogP contribution >= 0.6 is 11.6 Å². The second-order valence-electron chi connectivity index (χ2n) is 6.12. The van der Waals surface area contributed by atoms with E-state index in [1.165, 1.54) is 24.6 Å². The second kappa shape index (κ2) is 6.85. The molecule has 0 radical (unpaired) electrons. The van der Waals surface area contributed by atoms with E-state index in [9.17, 15) is 0 Å². The van der Waals surface area contributed by atoms with E-state index in [-0.39, 0.29) is 0 Å². The summed E-state index contributed by atoms with van der Waals surface area (Å²) < 4.78 is 6.88. The number of benzene rings is 1. The molecule has 8 heteroatoms. The van der Waals surface area contributed by atoms with Crippen molar-refractivity contribution >= 4 is 34.1 Å². The summed E-state index contributed by atoms with van der Waals surface area (Å²) in [5.74, 6) is 0.996. The van der Waals surface area contributed by atoms with Crippen molar-refractivity contribution in [2.45, 2.75) is 13.8 Å². The predicted octanol–water partition coefficient (Wildman–Crippen LogP) is 4.23. The van der Waals surface area contributed by atoms with Crippen LogP contribution in [0.1, 0.15) is 11.1 Å². The Hall–Kier alpha value is -3.19. The number of aryl methyl sites for hydroxylation is 2. The summed E-state index contributed by atoms with van der Waals surface area (Å²) in [6, 6.07) is 7.92. The minimum atomic E-state index is 0.373. The van der Waals surface area contributed by atoms with Crippen LogP contribution < -0.4 is 10.1 Å². The summed E-state index contributed by atoms with van der Waals surface area (Å²) in [5, 5.41) is 8.92. The molecule has 0 saturated heterocycles. The average Bonchev–Trinajstić information content (AvgIpc) is 3.09. The molecule has 4 rings (SSSR count). The molecule has 3 heterocycles. The van der Waals surface area contributed by atoms with Gasteiger partial charge < -0.3 is 10.1 Å². The molecule has 0 aliphatic carbocycles.